The highest BCUT2D eigenvalue weighted by Crippen LogP contribution is 2.55. The molecule has 1 N–H and O–H groups in total. The summed E-state index contributed by atoms with van der Waals surface area (Å²) in [4.78, 5) is 36.0. The number of carbonyl (C=O) groups excluding carboxylic acids is 2. The van der Waals surface area contributed by atoms with E-state index in [9.17, 15) is 32.2 Å². The molecule has 13 heteroatoms. The average molecular weight is 472 g/mol. The van der Waals surface area contributed by atoms with E-state index in [0.29, 0.717) is 16.9 Å². The van der Waals surface area contributed by atoms with Crippen molar-refractivity contribution in [1.29, 1.82) is 0 Å². The van der Waals surface area contributed by atoms with Gasteiger partial charge in [0.25, 0.3) is 0 Å². The molecule has 0 heterocycles. The van der Waals surface area contributed by atoms with Crippen molar-refractivity contribution in [3.8, 4) is 0 Å². The number of halogens is 3. The van der Waals surface area contributed by atoms with Crippen molar-refractivity contribution in [3.05, 3.63) is 30.3 Å². The molecule has 1 amide bonds. The summed E-state index contributed by atoms with van der Waals surface area (Å²) in [6, 6.07) is 8.10. The summed E-state index contributed by atoms with van der Waals surface area (Å²) in [5.41, 5.74) is 0. The van der Waals surface area contributed by atoms with Crippen molar-refractivity contribution < 1.29 is 40.9 Å². The Hall–Kier alpha value is -1.59. The topological polar surface area (TPSA) is 96.4 Å². The minimum absolute atomic E-state index is 0.00947. The van der Waals surface area contributed by atoms with Gasteiger partial charge < -0.3 is 9.63 Å². The molecule has 1 aromatic carbocycles. The molecule has 0 aliphatic carbocycles. The molecular formula is C17H24F3N2O6PS. The Balaban J connectivity index is 3.34. The number of hydrogen-bond donors (Lipinski definition) is 1. The summed E-state index contributed by atoms with van der Waals surface area (Å²) in [7, 11) is -4.93. The standard InChI is InChI=1S/C17H24F3N2O6PS/c1-4-21(5-2)16(29(25,26)28-30-13-10-8-7-9-11-13)22(12-14(23)27-6-3)15(24)17(18,19)20/h7-11,16H,4-6,12H2,1-3H3,(H,25,26). The minimum atomic E-state index is -5.38. The van der Waals surface area contributed by atoms with Gasteiger partial charge in [0.05, 0.1) is 6.61 Å². The summed E-state index contributed by atoms with van der Waals surface area (Å²) in [5, 5.41) is 0. The zero-order valence-electron chi connectivity index (χ0n) is 16.7. The van der Waals surface area contributed by atoms with Gasteiger partial charge in [-0.1, -0.05) is 32.0 Å². The van der Waals surface area contributed by atoms with Crippen LogP contribution in [0.5, 0.6) is 0 Å². The summed E-state index contributed by atoms with van der Waals surface area (Å²) in [5.74, 6) is -5.65. The third-order valence-electron chi connectivity index (χ3n) is 3.80. The maximum atomic E-state index is 13.2. The fraction of sp³-hybridized carbons (Fsp3) is 0.529. The van der Waals surface area contributed by atoms with E-state index in [2.05, 4.69) is 4.74 Å². The van der Waals surface area contributed by atoms with Gasteiger partial charge in [0, 0.05) is 16.9 Å². The van der Waals surface area contributed by atoms with Gasteiger partial charge in [-0.3, -0.25) is 24.0 Å². The van der Waals surface area contributed by atoms with Crippen LogP contribution in [-0.2, 0) is 22.9 Å². The number of nitrogens with zero attached hydrogens (tertiary/aromatic N) is 2. The Morgan fingerprint density at radius 2 is 1.73 bits per heavy atom. The number of ether oxygens (including phenoxy) is 1. The first-order valence-corrected chi connectivity index (χ1v) is 11.4. The van der Waals surface area contributed by atoms with Crippen molar-refractivity contribution in [2.24, 2.45) is 0 Å². The Morgan fingerprint density at radius 3 is 2.20 bits per heavy atom. The van der Waals surface area contributed by atoms with E-state index in [1.165, 1.54) is 20.8 Å². The van der Waals surface area contributed by atoms with Crippen molar-refractivity contribution in [3.63, 3.8) is 0 Å². The Labute approximate surface area is 177 Å². The number of carbonyl (C=O) groups is 2. The molecule has 0 fully saturated rings. The minimum Gasteiger partial charge on any atom is -0.465 e. The van der Waals surface area contributed by atoms with Crippen LogP contribution in [0.3, 0.4) is 0 Å². The van der Waals surface area contributed by atoms with Gasteiger partial charge in [-0.25, -0.2) is 3.97 Å². The van der Waals surface area contributed by atoms with Crippen molar-refractivity contribution >= 4 is 31.5 Å². The van der Waals surface area contributed by atoms with E-state index < -0.39 is 38.1 Å². The second-order valence-corrected chi connectivity index (χ2v) is 8.66. The van der Waals surface area contributed by atoms with E-state index >= 15 is 0 Å². The van der Waals surface area contributed by atoms with Crippen molar-refractivity contribution in [2.45, 2.75) is 37.7 Å². The van der Waals surface area contributed by atoms with Gasteiger partial charge >= 0.3 is 25.6 Å². The lowest BCUT2D eigenvalue weighted by molar-refractivity contribution is -0.191. The third kappa shape index (κ3) is 7.59. The lowest BCUT2D eigenvalue weighted by Crippen LogP contribution is -2.56. The number of rotatable bonds is 11. The number of benzene rings is 1. The maximum absolute atomic E-state index is 13.2. The van der Waals surface area contributed by atoms with Gasteiger partial charge in [0.15, 0.2) is 5.91 Å². The maximum Gasteiger partial charge on any atom is 0.471 e. The summed E-state index contributed by atoms with van der Waals surface area (Å²) in [6.07, 6.45) is -5.38. The third-order valence-corrected chi connectivity index (χ3v) is 6.61. The quantitative estimate of drug-likeness (QED) is 0.226. The van der Waals surface area contributed by atoms with Gasteiger partial charge in [0.2, 0.25) is 0 Å². The average Bonchev–Trinajstić information content (AvgIpc) is 2.68. The molecule has 1 rings (SSSR count). The van der Waals surface area contributed by atoms with Crippen LogP contribution in [0.25, 0.3) is 0 Å². The van der Waals surface area contributed by atoms with E-state index in [4.69, 9.17) is 3.97 Å². The van der Waals surface area contributed by atoms with E-state index in [1.54, 1.807) is 30.3 Å². The highest BCUT2D eigenvalue weighted by atomic mass is 32.2. The first-order valence-electron chi connectivity index (χ1n) is 8.99. The predicted octanol–water partition coefficient (Wildman–Crippen LogP) is 3.48. The van der Waals surface area contributed by atoms with E-state index in [-0.39, 0.29) is 24.6 Å². The number of alkyl halides is 3. The normalized spacial score (nSPS) is 14.8. The van der Waals surface area contributed by atoms with Crippen LogP contribution < -0.4 is 0 Å². The second kappa shape index (κ2) is 11.7. The fourth-order valence-corrected chi connectivity index (χ4v) is 5.13. The van der Waals surface area contributed by atoms with E-state index in [1.807, 2.05) is 0 Å². The molecular weight excluding hydrogens is 448 g/mol. The van der Waals surface area contributed by atoms with Crippen molar-refractivity contribution in [1.82, 2.24) is 9.80 Å². The number of hydrogen-bond acceptors (Lipinski definition) is 7. The largest absolute Gasteiger partial charge is 0.471 e. The summed E-state index contributed by atoms with van der Waals surface area (Å²) in [6.45, 7) is 3.21. The smallest absolute Gasteiger partial charge is 0.465 e. The molecule has 0 radical (unpaired) electrons. The molecule has 0 aromatic heterocycles. The van der Waals surface area contributed by atoms with Crippen LogP contribution >= 0.6 is 19.6 Å². The predicted molar refractivity (Wildman–Crippen MR) is 104 cm³/mol. The van der Waals surface area contributed by atoms with Gasteiger partial charge in [0.1, 0.15) is 6.54 Å². The first kappa shape index (κ1) is 26.4. The van der Waals surface area contributed by atoms with Crippen LogP contribution in [0.2, 0.25) is 0 Å². The van der Waals surface area contributed by atoms with Crippen LogP contribution in [0, 0.1) is 0 Å². The molecule has 8 nitrogen and oxygen atoms in total. The molecule has 1 aromatic rings. The first-order chi connectivity index (χ1) is 14.0. The molecule has 0 bridgehead atoms. The SMILES string of the molecule is CCOC(=O)CN(C(=O)C(F)(F)F)C(N(CC)CC)P(=O)(O)OSc1ccccc1. The summed E-state index contributed by atoms with van der Waals surface area (Å²) >= 11 is 0.485. The molecule has 0 saturated heterocycles. The Kier molecular flexibility index (Phi) is 10.3. The number of esters is 1. The molecule has 2 unspecified atom stereocenters. The van der Waals surface area contributed by atoms with Crippen LogP contribution in [0.15, 0.2) is 35.2 Å². The molecule has 30 heavy (non-hydrogen) atoms. The van der Waals surface area contributed by atoms with Crippen molar-refractivity contribution in [2.75, 3.05) is 26.2 Å². The van der Waals surface area contributed by atoms with E-state index in [0.717, 1.165) is 4.90 Å². The zero-order valence-corrected chi connectivity index (χ0v) is 18.4. The zero-order chi connectivity index (χ0) is 22.9. The highest BCUT2D eigenvalue weighted by molar-refractivity contribution is 7.98. The van der Waals surface area contributed by atoms with Crippen LogP contribution in [0.1, 0.15) is 20.8 Å². The molecule has 170 valence electrons. The Bertz CT molecular complexity index is 749. The lowest BCUT2D eigenvalue weighted by Gasteiger charge is -2.39. The molecule has 0 spiro atoms. The molecule has 0 saturated carbocycles. The fourth-order valence-electron chi connectivity index (χ4n) is 2.51. The second-order valence-electron chi connectivity index (χ2n) is 5.84. The van der Waals surface area contributed by atoms with Gasteiger partial charge in [-0.2, -0.15) is 13.2 Å². The van der Waals surface area contributed by atoms with Crippen LogP contribution in [0.4, 0.5) is 13.2 Å². The highest BCUT2D eigenvalue weighted by Gasteiger charge is 2.52. The van der Waals surface area contributed by atoms with Gasteiger partial charge in [-0.15, -0.1) is 0 Å². The lowest BCUT2D eigenvalue weighted by atomic mass is 10.4. The Morgan fingerprint density at radius 1 is 1.17 bits per heavy atom. The molecule has 0 aliphatic rings. The summed E-state index contributed by atoms with van der Waals surface area (Å²) < 4.78 is 62.4. The van der Waals surface area contributed by atoms with Gasteiger partial charge in [-0.05, 0) is 32.1 Å². The van der Waals surface area contributed by atoms with Crippen LogP contribution in [-0.4, -0.2) is 64.9 Å². The number of amides is 1. The molecule has 2 atom stereocenters. The molecule has 0 aliphatic heterocycles. The monoisotopic (exact) mass is 472 g/mol.